The van der Waals surface area contributed by atoms with Crippen LogP contribution in [0.25, 0.3) is 11.5 Å². The molecule has 0 aliphatic heterocycles. The Morgan fingerprint density at radius 1 is 1.20 bits per heavy atom. The van der Waals surface area contributed by atoms with Crippen LogP contribution in [0.3, 0.4) is 0 Å². The highest BCUT2D eigenvalue weighted by Gasteiger charge is 2.11. The van der Waals surface area contributed by atoms with Gasteiger partial charge in [0.2, 0.25) is 20.9 Å². The molecule has 0 saturated heterocycles. The minimum atomic E-state index is -3.36. The van der Waals surface area contributed by atoms with E-state index in [0.29, 0.717) is 11.5 Å². The van der Waals surface area contributed by atoms with E-state index in [1.807, 2.05) is 0 Å². The van der Waals surface area contributed by atoms with E-state index >= 15 is 0 Å². The number of oxazole rings is 1. The second-order valence-electron chi connectivity index (χ2n) is 2.86. The fraction of sp³-hybridized carbons (Fsp3) is 0.125. The van der Waals surface area contributed by atoms with Crippen molar-refractivity contribution in [3.63, 3.8) is 0 Å². The number of aromatic nitrogens is 3. The molecule has 2 aromatic heterocycles. The standard InChI is InChI=1S/C8H7N3O3S/c1-15(12,13)8-10-4-6(5-11-8)7-9-2-3-14-7/h2-5H,1H3. The Kier molecular flexibility index (Phi) is 2.24. The van der Waals surface area contributed by atoms with E-state index in [9.17, 15) is 8.42 Å². The van der Waals surface area contributed by atoms with Crippen molar-refractivity contribution in [1.29, 1.82) is 0 Å². The molecule has 0 aliphatic carbocycles. The fourth-order valence-electron chi connectivity index (χ4n) is 0.984. The van der Waals surface area contributed by atoms with Crippen molar-refractivity contribution in [2.24, 2.45) is 0 Å². The Morgan fingerprint density at radius 2 is 1.87 bits per heavy atom. The lowest BCUT2D eigenvalue weighted by atomic mass is 10.3. The van der Waals surface area contributed by atoms with Crippen molar-refractivity contribution in [1.82, 2.24) is 15.0 Å². The van der Waals surface area contributed by atoms with Gasteiger partial charge in [0.15, 0.2) is 0 Å². The predicted octanol–water partition coefficient (Wildman–Crippen LogP) is 0.535. The molecule has 0 amide bonds. The zero-order chi connectivity index (χ0) is 10.9. The summed E-state index contributed by atoms with van der Waals surface area (Å²) in [5.41, 5.74) is 0.535. The average molecular weight is 225 g/mol. The van der Waals surface area contributed by atoms with Gasteiger partial charge >= 0.3 is 0 Å². The van der Waals surface area contributed by atoms with Gasteiger partial charge < -0.3 is 4.42 Å². The molecule has 0 radical (unpaired) electrons. The molecule has 0 aromatic carbocycles. The fourth-order valence-corrected chi connectivity index (χ4v) is 1.47. The van der Waals surface area contributed by atoms with E-state index in [2.05, 4.69) is 15.0 Å². The second kappa shape index (κ2) is 3.43. The molecule has 15 heavy (non-hydrogen) atoms. The minimum Gasteiger partial charge on any atom is -0.444 e. The highest BCUT2D eigenvalue weighted by molar-refractivity contribution is 7.90. The van der Waals surface area contributed by atoms with Crippen LogP contribution in [0.4, 0.5) is 0 Å². The Hall–Kier alpha value is -1.76. The summed E-state index contributed by atoms with van der Waals surface area (Å²) in [5, 5.41) is -0.210. The van der Waals surface area contributed by atoms with E-state index in [4.69, 9.17) is 4.42 Å². The van der Waals surface area contributed by atoms with Crippen LogP contribution in [-0.4, -0.2) is 29.6 Å². The van der Waals surface area contributed by atoms with Crippen LogP contribution in [0.15, 0.2) is 34.4 Å². The van der Waals surface area contributed by atoms with Gasteiger partial charge in [0.1, 0.15) is 6.26 Å². The van der Waals surface area contributed by atoms with Crippen LogP contribution in [0.5, 0.6) is 0 Å². The highest BCUT2D eigenvalue weighted by Crippen LogP contribution is 2.14. The van der Waals surface area contributed by atoms with Gasteiger partial charge in [0, 0.05) is 18.6 Å². The van der Waals surface area contributed by atoms with Gasteiger partial charge in [-0.1, -0.05) is 0 Å². The molecule has 78 valence electrons. The number of sulfone groups is 1. The number of nitrogens with zero attached hydrogens (tertiary/aromatic N) is 3. The Morgan fingerprint density at radius 3 is 2.33 bits per heavy atom. The van der Waals surface area contributed by atoms with E-state index in [1.165, 1.54) is 24.9 Å². The molecule has 0 bridgehead atoms. The summed E-state index contributed by atoms with van der Waals surface area (Å²) in [6.45, 7) is 0. The third kappa shape index (κ3) is 2.01. The molecule has 0 aliphatic rings. The van der Waals surface area contributed by atoms with E-state index in [1.54, 1.807) is 0 Å². The molecule has 0 unspecified atom stereocenters. The largest absolute Gasteiger partial charge is 0.444 e. The average Bonchev–Trinajstić information content (AvgIpc) is 2.69. The van der Waals surface area contributed by atoms with Gasteiger partial charge in [0.05, 0.1) is 11.8 Å². The van der Waals surface area contributed by atoms with E-state index < -0.39 is 9.84 Å². The van der Waals surface area contributed by atoms with Gasteiger partial charge in [-0.3, -0.25) is 0 Å². The van der Waals surface area contributed by atoms with Crippen molar-refractivity contribution < 1.29 is 12.8 Å². The number of hydrogen-bond donors (Lipinski definition) is 0. The van der Waals surface area contributed by atoms with Gasteiger partial charge in [0.25, 0.3) is 0 Å². The Balaban J connectivity index is 2.42. The first-order valence-electron chi connectivity index (χ1n) is 3.99. The molecule has 6 nitrogen and oxygen atoms in total. The van der Waals surface area contributed by atoms with E-state index in [0.717, 1.165) is 6.26 Å². The van der Waals surface area contributed by atoms with Crippen LogP contribution in [0.1, 0.15) is 0 Å². The predicted molar refractivity (Wildman–Crippen MR) is 50.6 cm³/mol. The lowest BCUT2D eigenvalue weighted by molar-refractivity contribution is 0.572. The van der Waals surface area contributed by atoms with Gasteiger partial charge in [-0.2, -0.15) is 0 Å². The summed E-state index contributed by atoms with van der Waals surface area (Å²) in [5.74, 6) is 0.357. The molecule has 2 aromatic rings. The van der Waals surface area contributed by atoms with Crippen molar-refractivity contribution in [2.75, 3.05) is 6.26 Å². The quantitative estimate of drug-likeness (QED) is 0.693. The topological polar surface area (TPSA) is 86.0 Å². The third-order valence-electron chi connectivity index (χ3n) is 1.64. The van der Waals surface area contributed by atoms with Crippen molar-refractivity contribution in [3.8, 4) is 11.5 Å². The first-order valence-corrected chi connectivity index (χ1v) is 5.88. The van der Waals surface area contributed by atoms with Crippen LogP contribution >= 0.6 is 0 Å². The van der Waals surface area contributed by atoms with Gasteiger partial charge in [-0.25, -0.2) is 23.4 Å². The molecule has 0 N–H and O–H groups in total. The third-order valence-corrected chi connectivity index (χ3v) is 2.51. The minimum absolute atomic E-state index is 0.210. The van der Waals surface area contributed by atoms with Gasteiger partial charge in [-0.15, -0.1) is 0 Å². The summed E-state index contributed by atoms with van der Waals surface area (Å²) < 4.78 is 27.1. The van der Waals surface area contributed by atoms with Crippen molar-refractivity contribution >= 4 is 9.84 Å². The normalized spacial score (nSPS) is 11.5. The molecule has 2 heterocycles. The molecule has 0 atom stereocenters. The van der Waals surface area contributed by atoms with Crippen LogP contribution in [0, 0.1) is 0 Å². The first kappa shape index (κ1) is 9.78. The number of rotatable bonds is 2. The molecule has 2 rings (SSSR count). The number of hydrogen-bond acceptors (Lipinski definition) is 6. The molecular formula is C8H7N3O3S. The maximum absolute atomic E-state index is 11.1. The zero-order valence-corrected chi connectivity index (χ0v) is 8.60. The molecule has 0 spiro atoms. The Labute approximate surface area is 85.9 Å². The zero-order valence-electron chi connectivity index (χ0n) is 7.78. The lowest BCUT2D eigenvalue weighted by Crippen LogP contribution is -2.03. The van der Waals surface area contributed by atoms with Gasteiger partial charge in [-0.05, 0) is 0 Å². The van der Waals surface area contributed by atoms with Crippen LogP contribution in [0.2, 0.25) is 0 Å². The van der Waals surface area contributed by atoms with E-state index in [-0.39, 0.29) is 5.16 Å². The SMILES string of the molecule is CS(=O)(=O)c1ncc(-c2ncco2)cn1. The highest BCUT2D eigenvalue weighted by atomic mass is 32.2. The Bertz CT molecular complexity index is 545. The molecule has 0 saturated carbocycles. The molecule has 0 fully saturated rings. The monoisotopic (exact) mass is 225 g/mol. The van der Waals surface area contributed by atoms with Crippen LogP contribution < -0.4 is 0 Å². The summed E-state index contributed by atoms with van der Waals surface area (Å²) in [6, 6.07) is 0. The summed E-state index contributed by atoms with van der Waals surface area (Å²) in [6.07, 6.45) is 6.66. The maximum Gasteiger partial charge on any atom is 0.246 e. The summed E-state index contributed by atoms with van der Waals surface area (Å²) in [4.78, 5) is 11.3. The molecule has 7 heteroatoms. The van der Waals surface area contributed by atoms with Crippen molar-refractivity contribution in [2.45, 2.75) is 5.16 Å². The lowest BCUT2D eigenvalue weighted by Gasteiger charge is -1.96. The summed E-state index contributed by atoms with van der Waals surface area (Å²) >= 11 is 0. The van der Waals surface area contributed by atoms with Crippen LogP contribution in [-0.2, 0) is 9.84 Å². The summed E-state index contributed by atoms with van der Waals surface area (Å²) in [7, 11) is -3.36. The maximum atomic E-state index is 11.1. The van der Waals surface area contributed by atoms with Crippen molar-refractivity contribution in [3.05, 3.63) is 24.9 Å². The molecular weight excluding hydrogens is 218 g/mol. The smallest absolute Gasteiger partial charge is 0.246 e. The second-order valence-corrected chi connectivity index (χ2v) is 4.77. The first-order chi connectivity index (χ1) is 7.07.